The van der Waals surface area contributed by atoms with Crippen LogP contribution in [0.1, 0.15) is 55.2 Å². The van der Waals surface area contributed by atoms with Crippen LogP contribution in [-0.2, 0) is 4.79 Å². The molecule has 0 N–H and O–H groups in total. The quantitative estimate of drug-likeness (QED) is 0.452. The zero-order valence-corrected chi connectivity index (χ0v) is 18.1. The highest BCUT2D eigenvalue weighted by atomic mass is 35.5. The van der Waals surface area contributed by atoms with Gasteiger partial charge in [0.25, 0.3) is 0 Å². The van der Waals surface area contributed by atoms with Crippen LogP contribution in [-0.4, -0.2) is 17.4 Å². The lowest BCUT2D eigenvalue weighted by Crippen LogP contribution is -2.49. The van der Waals surface area contributed by atoms with Gasteiger partial charge >= 0.3 is 0 Å². The fraction of sp³-hybridized carbons (Fsp3) is 0.400. The Morgan fingerprint density at radius 3 is 2.41 bits per heavy atom. The molecule has 2 aromatic rings. The Balaban J connectivity index is 1.78. The number of rotatable bonds is 6. The molecule has 1 amide bonds. The van der Waals surface area contributed by atoms with E-state index in [1.807, 2.05) is 30.3 Å². The van der Waals surface area contributed by atoms with Crippen LogP contribution in [0.3, 0.4) is 0 Å². The number of piperidine rings is 1. The van der Waals surface area contributed by atoms with Crippen molar-refractivity contribution in [3.8, 4) is 0 Å². The molecule has 2 aliphatic rings. The minimum absolute atomic E-state index is 0.0000939. The second-order valence-electron chi connectivity index (χ2n) is 8.40. The van der Waals surface area contributed by atoms with Crippen LogP contribution in [0.5, 0.6) is 0 Å². The zero-order chi connectivity index (χ0) is 20.4. The standard InChI is InChI=1S/C25H27Cl2NO/c1-2-5-20-15-23(19-8-4-9-22(27)14-19)24(18-10-12-21(26)13-11-18)28(25(20)29)16-17-6-3-7-17/h2,4,8-14,17,20,23-24H,1,3,5-7,15-16H2/t20?,23?,24-/m1/s1. The van der Waals surface area contributed by atoms with Crippen LogP contribution in [0.4, 0.5) is 0 Å². The van der Waals surface area contributed by atoms with Gasteiger partial charge in [0.1, 0.15) is 0 Å². The third-order valence-corrected chi connectivity index (χ3v) is 6.99. The molecule has 0 radical (unpaired) electrons. The van der Waals surface area contributed by atoms with Gasteiger partial charge in [0.15, 0.2) is 0 Å². The summed E-state index contributed by atoms with van der Waals surface area (Å²) in [5.74, 6) is 1.03. The van der Waals surface area contributed by atoms with Crippen molar-refractivity contribution in [1.29, 1.82) is 0 Å². The molecule has 1 saturated heterocycles. The van der Waals surface area contributed by atoms with E-state index < -0.39 is 0 Å². The first-order valence-corrected chi connectivity index (χ1v) is 11.2. The molecular formula is C25H27Cl2NO. The van der Waals surface area contributed by atoms with Gasteiger partial charge in [-0.2, -0.15) is 0 Å². The number of amides is 1. The molecule has 2 aromatic carbocycles. The van der Waals surface area contributed by atoms with Crippen molar-refractivity contribution < 1.29 is 4.79 Å². The van der Waals surface area contributed by atoms with Crippen molar-refractivity contribution in [1.82, 2.24) is 4.90 Å². The smallest absolute Gasteiger partial charge is 0.226 e. The summed E-state index contributed by atoms with van der Waals surface area (Å²) in [6.07, 6.45) is 7.09. The fourth-order valence-corrected chi connectivity index (χ4v) is 5.13. The Kier molecular flexibility index (Phi) is 6.32. The van der Waals surface area contributed by atoms with Gasteiger partial charge in [0.2, 0.25) is 5.91 Å². The minimum atomic E-state index is -0.0277. The maximum absolute atomic E-state index is 13.5. The molecule has 3 atom stereocenters. The Morgan fingerprint density at radius 1 is 1.03 bits per heavy atom. The second kappa shape index (κ2) is 8.93. The van der Waals surface area contributed by atoms with Gasteiger partial charge in [0, 0.05) is 28.4 Å². The number of hydrogen-bond donors (Lipinski definition) is 0. The van der Waals surface area contributed by atoms with Gasteiger partial charge in [-0.25, -0.2) is 0 Å². The predicted molar refractivity (Wildman–Crippen MR) is 120 cm³/mol. The number of nitrogens with zero attached hydrogens (tertiary/aromatic N) is 1. The Bertz CT molecular complexity index is 875. The molecule has 0 spiro atoms. The van der Waals surface area contributed by atoms with E-state index in [2.05, 4.69) is 35.7 Å². The first-order chi connectivity index (χ1) is 14.1. The third-order valence-electron chi connectivity index (χ3n) is 6.51. The van der Waals surface area contributed by atoms with Gasteiger partial charge in [-0.05, 0) is 67.0 Å². The van der Waals surface area contributed by atoms with Crippen molar-refractivity contribution in [2.75, 3.05) is 6.54 Å². The van der Waals surface area contributed by atoms with Crippen LogP contribution in [0.15, 0.2) is 61.2 Å². The summed E-state index contributed by atoms with van der Waals surface area (Å²) >= 11 is 12.5. The SMILES string of the molecule is C=CCC1CC(c2cccc(Cl)c2)[C@@H](c2ccc(Cl)cc2)N(CC2CCC2)C1=O. The van der Waals surface area contributed by atoms with E-state index in [0.717, 1.165) is 23.6 Å². The first-order valence-electron chi connectivity index (χ1n) is 10.5. The van der Waals surface area contributed by atoms with Crippen LogP contribution >= 0.6 is 23.2 Å². The number of benzene rings is 2. The molecule has 29 heavy (non-hydrogen) atoms. The number of allylic oxidation sites excluding steroid dienone is 1. The number of likely N-dealkylation sites (tertiary alicyclic amines) is 1. The summed E-state index contributed by atoms with van der Waals surface area (Å²) in [6.45, 7) is 4.73. The van der Waals surface area contributed by atoms with Gasteiger partial charge in [-0.15, -0.1) is 6.58 Å². The molecule has 0 aromatic heterocycles. The van der Waals surface area contributed by atoms with E-state index in [1.165, 1.54) is 24.8 Å². The van der Waals surface area contributed by atoms with Crippen molar-refractivity contribution in [3.05, 3.63) is 82.4 Å². The van der Waals surface area contributed by atoms with E-state index >= 15 is 0 Å². The molecule has 1 saturated carbocycles. The number of carbonyl (C=O) groups is 1. The lowest BCUT2D eigenvalue weighted by molar-refractivity contribution is -0.144. The minimum Gasteiger partial charge on any atom is -0.335 e. The van der Waals surface area contributed by atoms with E-state index in [-0.39, 0.29) is 23.8 Å². The largest absolute Gasteiger partial charge is 0.335 e. The van der Waals surface area contributed by atoms with Gasteiger partial charge in [-0.1, -0.05) is 60.0 Å². The fourth-order valence-electron chi connectivity index (χ4n) is 4.81. The summed E-state index contributed by atoms with van der Waals surface area (Å²) in [7, 11) is 0. The average molecular weight is 428 g/mol. The normalized spacial score (nSPS) is 25.0. The molecule has 4 rings (SSSR count). The summed E-state index contributed by atoms with van der Waals surface area (Å²) < 4.78 is 0. The Hall–Kier alpha value is -1.77. The maximum Gasteiger partial charge on any atom is 0.226 e. The van der Waals surface area contributed by atoms with Crippen molar-refractivity contribution in [2.45, 2.75) is 44.1 Å². The molecule has 2 fully saturated rings. The molecule has 1 heterocycles. The zero-order valence-electron chi connectivity index (χ0n) is 16.6. The number of hydrogen-bond acceptors (Lipinski definition) is 1. The molecule has 2 nitrogen and oxygen atoms in total. The van der Waals surface area contributed by atoms with Crippen molar-refractivity contribution in [2.24, 2.45) is 11.8 Å². The third kappa shape index (κ3) is 4.39. The van der Waals surface area contributed by atoms with Crippen LogP contribution in [0.2, 0.25) is 10.0 Å². The summed E-state index contributed by atoms with van der Waals surface area (Å²) in [5.41, 5.74) is 2.33. The Morgan fingerprint density at radius 2 is 1.79 bits per heavy atom. The van der Waals surface area contributed by atoms with Crippen molar-refractivity contribution in [3.63, 3.8) is 0 Å². The van der Waals surface area contributed by atoms with Gasteiger partial charge in [-0.3, -0.25) is 4.79 Å². The van der Waals surface area contributed by atoms with Gasteiger partial charge in [0.05, 0.1) is 6.04 Å². The Labute approximate surface area is 183 Å². The van der Waals surface area contributed by atoms with Crippen LogP contribution in [0.25, 0.3) is 0 Å². The van der Waals surface area contributed by atoms with Crippen LogP contribution < -0.4 is 0 Å². The first kappa shape index (κ1) is 20.5. The van der Waals surface area contributed by atoms with E-state index in [4.69, 9.17) is 23.2 Å². The summed E-state index contributed by atoms with van der Waals surface area (Å²) in [4.78, 5) is 15.7. The molecule has 1 aliphatic heterocycles. The molecule has 152 valence electrons. The highest BCUT2D eigenvalue weighted by molar-refractivity contribution is 6.30. The highest BCUT2D eigenvalue weighted by Crippen LogP contribution is 2.47. The molecule has 1 aliphatic carbocycles. The van der Waals surface area contributed by atoms with Gasteiger partial charge < -0.3 is 4.90 Å². The topological polar surface area (TPSA) is 20.3 Å². The maximum atomic E-state index is 13.5. The second-order valence-corrected chi connectivity index (χ2v) is 9.28. The highest BCUT2D eigenvalue weighted by Gasteiger charge is 2.43. The monoisotopic (exact) mass is 427 g/mol. The lowest BCUT2D eigenvalue weighted by Gasteiger charge is -2.47. The average Bonchev–Trinajstić information content (AvgIpc) is 2.68. The van der Waals surface area contributed by atoms with E-state index in [9.17, 15) is 4.79 Å². The molecule has 0 bridgehead atoms. The van der Waals surface area contributed by atoms with Crippen molar-refractivity contribution >= 4 is 29.1 Å². The van der Waals surface area contributed by atoms with Crippen LogP contribution in [0, 0.1) is 11.8 Å². The van der Waals surface area contributed by atoms with E-state index in [0.29, 0.717) is 17.4 Å². The summed E-state index contributed by atoms with van der Waals surface area (Å²) in [6, 6.07) is 16.1. The number of halogens is 2. The molecular weight excluding hydrogens is 401 g/mol. The predicted octanol–water partition coefficient (Wildman–Crippen LogP) is 7.04. The lowest BCUT2D eigenvalue weighted by atomic mass is 9.74. The summed E-state index contributed by atoms with van der Waals surface area (Å²) in [5, 5.41) is 1.45. The molecule has 4 heteroatoms. The number of carbonyl (C=O) groups excluding carboxylic acids is 1. The van der Waals surface area contributed by atoms with E-state index in [1.54, 1.807) is 0 Å². The molecule has 2 unspecified atom stereocenters.